The summed E-state index contributed by atoms with van der Waals surface area (Å²) in [5, 5.41) is 2.82. The Labute approximate surface area is 164 Å². The van der Waals surface area contributed by atoms with Crippen molar-refractivity contribution in [2.24, 2.45) is 11.7 Å². The van der Waals surface area contributed by atoms with E-state index in [1.165, 1.54) is 0 Å². The highest BCUT2D eigenvalue weighted by Crippen LogP contribution is 2.33. The molecule has 3 amide bonds. The highest BCUT2D eigenvalue weighted by Gasteiger charge is 2.36. The maximum atomic E-state index is 12.6. The zero-order valence-electron chi connectivity index (χ0n) is 16.1. The van der Waals surface area contributed by atoms with Crippen LogP contribution in [0.3, 0.4) is 0 Å². The Morgan fingerprint density at radius 1 is 1.18 bits per heavy atom. The van der Waals surface area contributed by atoms with Gasteiger partial charge in [0.2, 0.25) is 17.7 Å². The first kappa shape index (κ1) is 19.6. The molecule has 0 spiro atoms. The van der Waals surface area contributed by atoms with E-state index in [1.807, 2.05) is 24.3 Å². The molecule has 3 N–H and O–H groups in total. The minimum atomic E-state index is -0.519. The Bertz CT molecular complexity index is 892. The lowest BCUT2D eigenvalue weighted by molar-refractivity contribution is -0.122. The lowest BCUT2D eigenvalue weighted by atomic mass is 9.96. The van der Waals surface area contributed by atoms with Gasteiger partial charge in [-0.25, -0.2) is 0 Å². The number of nitrogens with zero attached hydrogens (tertiary/aromatic N) is 1. The van der Waals surface area contributed by atoms with E-state index in [9.17, 15) is 14.4 Å². The van der Waals surface area contributed by atoms with E-state index in [2.05, 4.69) is 19.2 Å². The summed E-state index contributed by atoms with van der Waals surface area (Å²) in [6.45, 7) is 4.61. The van der Waals surface area contributed by atoms with E-state index >= 15 is 0 Å². The standard InChI is InChI=1S/C22H25N3O3/c1-3-14(2)18-6-4-5-7-19(18)25-13-16(12-20(25)26)22(28)24-17-10-8-15(9-11-17)21(23)27/h4-11,14,16H,3,12-13H2,1-2H3,(H2,23,27)(H,24,28)/t14-,16+/m1/s1. The fourth-order valence-electron chi connectivity index (χ4n) is 3.45. The number of hydrogen-bond donors (Lipinski definition) is 2. The van der Waals surface area contributed by atoms with Gasteiger partial charge in [-0.1, -0.05) is 32.0 Å². The molecule has 2 aromatic rings. The number of anilines is 2. The predicted molar refractivity (Wildman–Crippen MR) is 109 cm³/mol. The number of rotatable bonds is 6. The first-order valence-corrected chi connectivity index (χ1v) is 9.50. The normalized spacial score (nSPS) is 17.4. The maximum absolute atomic E-state index is 12.6. The van der Waals surface area contributed by atoms with Crippen molar-refractivity contribution >= 4 is 29.1 Å². The van der Waals surface area contributed by atoms with Gasteiger partial charge in [0.15, 0.2) is 0 Å². The van der Waals surface area contributed by atoms with Gasteiger partial charge in [-0.3, -0.25) is 14.4 Å². The second-order valence-corrected chi connectivity index (χ2v) is 7.20. The van der Waals surface area contributed by atoms with E-state index < -0.39 is 11.8 Å². The van der Waals surface area contributed by atoms with E-state index in [-0.39, 0.29) is 18.2 Å². The predicted octanol–water partition coefficient (Wildman–Crippen LogP) is 3.29. The van der Waals surface area contributed by atoms with Crippen molar-refractivity contribution < 1.29 is 14.4 Å². The molecule has 28 heavy (non-hydrogen) atoms. The van der Waals surface area contributed by atoms with Crippen LogP contribution >= 0.6 is 0 Å². The molecule has 2 atom stereocenters. The number of nitrogens with two attached hydrogens (primary N) is 1. The fourth-order valence-corrected chi connectivity index (χ4v) is 3.45. The van der Waals surface area contributed by atoms with Crippen molar-refractivity contribution in [2.45, 2.75) is 32.6 Å². The number of para-hydroxylation sites is 1. The van der Waals surface area contributed by atoms with Gasteiger partial charge in [-0.05, 0) is 48.2 Å². The monoisotopic (exact) mass is 379 g/mol. The molecular weight excluding hydrogens is 354 g/mol. The van der Waals surface area contributed by atoms with Gasteiger partial charge in [0.25, 0.3) is 0 Å². The number of primary amides is 1. The Balaban J connectivity index is 1.72. The first-order chi connectivity index (χ1) is 13.4. The van der Waals surface area contributed by atoms with E-state index in [1.54, 1.807) is 29.2 Å². The average Bonchev–Trinajstić information content (AvgIpc) is 3.09. The van der Waals surface area contributed by atoms with E-state index in [4.69, 9.17) is 5.73 Å². The van der Waals surface area contributed by atoms with Gasteiger partial charge >= 0.3 is 0 Å². The van der Waals surface area contributed by atoms with Crippen molar-refractivity contribution in [3.05, 3.63) is 59.7 Å². The smallest absolute Gasteiger partial charge is 0.248 e. The van der Waals surface area contributed by atoms with Crippen molar-refractivity contribution in [1.82, 2.24) is 0 Å². The summed E-state index contributed by atoms with van der Waals surface area (Å²) in [6.07, 6.45) is 1.16. The van der Waals surface area contributed by atoms with Crippen LogP contribution in [-0.2, 0) is 9.59 Å². The summed E-state index contributed by atoms with van der Waals surface area (Å²) in [4.78, 5) is 38.1. The second-order valence-electron chi connectivity index (χ2n) is 7.20. The van der Waals surface area contributed by atoms with Gasteiger partial charge in [0, 0.05) is 29.9 Å². The van der Waals surface area contributed by atoms with Crippen molar-refractivity contribution in [3.8, 4) is 0 Å². The summed E-state index contributed by atoms with van der Waals surface area (Å²) in [5.74, 6) is -0.854. The highest BCUT2D eigenvalue weighted by molar-refractivity contribution is 6.04. The molecule has 0 unspecified atom stereocenters. The number of carbonyl (C=O) groups excluding carboxylic acids is 3. The molecule has 6 nitrogen and oxygen atoms in total. The molecule has 1 saturated heterocycles. The third kappa shape index (κ3) is 4.06. The molecule has 0 saturated carbocycles. The van der Waals surface area contributed by atoms with Crippen LogP contribution in [0.4, 0.5) is 11.4 Å². The fraction of sp³-hybridized carbons (Fsp3) is 0.318. The summed E-state index contributed by atoms with van der Waals surface area (Å²) in [7, 11) is 0. The third-order valence-corrected chi connectivity index (χ3v) is 5.30. The Morgan fingerprint density at radius 2 is 1.86 bits per heavy atom. The zero-order valence-corrected chi connectivity index (χ0v) is 16.1. The summed E-state index contributed by atoms with van der Waals surface area (Å²) in [5.41, 5.74) is 8.19. The summed E-state index contributed by atoms with van der Waals surface area (Å²) in [6, 6.07) is 14.3. The van der Waals surface area contributed by atoms with Crippen LogP contribution in [0.1, 0.15) is 48.5 Å². The molecule has 3 rings (SSSR count). The molecule has 1 aliphatic rings. The van der Waals surface area contributed by atoms with Crippen LogP contribution in [0.15, 0.2) is 48.5 Å². The lowest BCUT2D eigenvalue weighted by Gasteiger charge is -2.23. The molecule has 146 valence electrons. The van der Waals surface area contributed by atoms with Gasteiger partial charge in [0.05, 0.1) is 5.92 Å². The van der Waals surface area contributed by atoms with Gasteiger partial charge in [-0.15, -0.1) is 0 Å². The van der Waals surface area contributed by atoms with Crippen LogP contribution in [0.5, 0.6) is 0 Å². The Morgan fingerprint density at radius 3 is 2.50 bits per heavy atom. The van der Waals surface area contributed by atoms with Gasteiger partial charge in [-0.2, -0.15) is 0 Å². The number of carbonyl (C=O) groups is 3. The molecule has 6 heteroatoms. The van der Waals surface area contributed by atoms with Gasteiger partial charge in [0.1, 0.15) is 0 Å². The van der Waals surface area contributed by atoms with Crippen molar-refractivity contribution in [2.75, 3.05) is 16.8 Å². The number of benzene rings is 2. The SMILES string of the molecule is CC[C@@H](C)c1ccccc1N1C[C@@H](C(=O)Nc2ccc(C(N)=O)cc2)CC1=O. The molecule has 1 fully saturated rings. The average molecular weight is 379 g/mol. The highest BCUT2D eigenvalue weighted by atomic mass is 16.2. The second kappa shape index (κ2) is 8.25. The van der Waals surface area contributed by atoms with Crippen LogP contribution in [0.2, 0.25) is 0 Å². The number of hydrogen-bond acceptors (Lipinski definition) is 3. The van der Waals surface area contributed by atoms with Crippen LogP contribution in [0.25, 0.3) is 0 Å². The summed E-state index contributed by atoms with van der Waals surface area (Å²) < 4.78 is 0. The number of nitrogens with one attached hydrogen (secondary N) is 1. The summed E-state index contributed by atoms with van der Waals surface area (Å²) >= 11 is 0. The molecular formula is C22H25N3O3. The largest absolute Gasteiger partial charge is 0.366 e. The van der Waals surface area contributed by atoms with E-state index in [0.717, 1.165) is 17.7 Å². The molecule has 0 aliphatic carbocycles. The maximum Gasteiger partial charge on any atom is 0.248 e. The third-order valence-electron chi connectivity index (χ3n) is 5.30. The minimum Gasteiger partial charge on any atom is -0.366 e. The van der Waals surface area contributed by atoms with E-state index in [0.29, 0.717) is 23.7 Å². The minimum absolute atomic E-state index is 0.0417. The zero-order chi connectivity index (χ0) is 20.3. The van der Waals surface area contributed by atoms with Crippen LogP contribution < -0.4 is 16.0 Å². The molecule has 0 aromatic heterocycles. The molecule has 1 heterocycles. The van der Waals surface area contributed by atoms with Crippen LogP contribution in [-0.4, -0.2) is 24.3 Å². The van der Waals surface area contributed by atoms with Crippen molar-refractivity contribution in [3.63, 3.8) is 0 Å². The Hall–Kier alpha value is -3.15. The molecule has 2 aromatic carbocycles. The quantitative estimate of drug-likeness (QED) is 0.807. The first-order valence-electron chi connectivity index (χ1n) is 9.50. The molecule has 0 bridgehead atoms. The number of amides is 3. The van der Waals surface area contributed by atoms with Crippen molar-refractivity contribution in [1.29, 1.82) is 0 Å². The lowest BCUT2D eigenvalue weighted by Crippen LogP contribution is -2.29. The molecule has 1 aliphatic heterocycles. The van der Waals surface area contributed by atoms with Crippen LogP contribution in [0, 0.1) is 5.92 Å². The molecule has 0 radical (unpaired) electrons. The topological polar surface area (TPSA) is 92.5 Å². The van der Waals surface area contributed by atoms with Gasteiger partial charge < -0.3 is 16.0 Å². The Kier molecular flexibility index (Phi) is 5.78.